The molecule has 1 heteroatoms. The zero-order valence-electron chi connectivity index (χ0n) is 9.05. The summed E-state index contributed by atoms with van der Waals surface area (Å²) in [7, 11) is 0. The van der Waals surface area contributed by atoms with Crippen LogP contribution in [-0.4, -0.2) is 6.04 Å². The lowest BCUT2D eigenvalue weighted by atomic mass is 9.84. The van der Waals surface area contributed by atoms with Gasteiger partial charge in [0, 0.05) is 6.04 Å². The van der Waals surface area contributed by atoms with Gasteiger partial charge < -0.3 is 5.73 Å². The molecule has 1 rings (SSSR count). The third-order valence-electron chi connectivity index (χ3n) is 3.31. The van der Waals surface area contributed by atoms with E-state index in [1.165, 1.54) is 44.1 Å². The molecule has 2 N–H and O–H groups in total. The highest BCUT2D eigenvalue weighted by Gasteiger charge is 2.18. The van der Waals surface area contributed by atoms with Gasteiger partial charge in [0.15, 0.2) is 0 Å². The van der Waals surface area contributed by atoms with Crippen LogP contribution in [0.25, 0.3) is 0 Å². The molecular weight excluding hydrogens is 158 g/mol. The minimum atomic E-state index is 0.343. The molecule has 0 aromatic heterocycles. The minimum Gasteiger partial charge on any atom is -0.324 e. The Morgan fingerprint density at radius 2 is 2.00 bits per heavy atom. The van der Waals surface area contributed by atoms with Crippen molar-refractivity contribution in [1.82, 2.24) is 0 Å². The molecule has 0 saturated heterocycles. The van der Waals surface area contributed by atoms with Gasteiger partial charge in [-0.25, -0.2) is 0 Å². The lowest BCUT2D eigenvalue weighted by molar-refractivity contribution is 0.417. The van der Waals surface area contributed by atoms with E-state index in [1.54, 1.807) is 0 Å². The Kier molecular flexibility index (Phi) is 4.51. The standard InChI is InChI=1S/C12H23N/c1-3-10(4-2)12(13)11-8-6-5-7-9-11/h8,10,12H,3-7,9,13H2,1-2H3. The monoisotopic (exact) mass is 181 g/mol. The van der Waals surface area contributed by atoms with E-state index in [-0.39, 0.29) is 0 Å². The first-order valence-corrected chi connectivity index (χ1v) is 5.74. The molecular formula is C12H23N. The molecule has 0 amide bonds. The van der Waals surface area contributed by atoms with Crippen LogP contribution in [0.5, 0.6) is 0 Å². The van der Waals surface area contributed by atoms with E-state index in [4.69, 9.17) is 5.73 Å². The summed E-state index contributed by atoms with van der Waals surface area (Å²) < 4.78 is 0. The zero-order valence-corrected chi connectivity index (χ0v) is 9.05. The molecule has 1 nitrogen and oxygen atoms in total. The largest absolute Gasteiger partial charge is 0.324 e. The van der Waals surface area contributed by atoms with Gasteiger partial charge in [-0.1, -0.05) is 38.3 Å². The first-order chi connectivity index (χ1) is 6.29. The Hall–Kier alpha value is -0.300. The highest BCUT2D eigenvalue weighted by Crippen LogP contribution is 2.25. The number of hydrogen-bond donors (Lipinski definition) is 1. The average molecular weight is 181 g/mol. The van der Waals surface area contributed by atoms with Crippen molar-refractivity contribution < 1.29 is 0 Å². The van der Waals surface area contributed by atoms with Gasteiger partial charge >= 0.3 is 0 Å². The average Bonchev–Trinajstić information content (AvgIpc) is 2.21. The van der Waals surface area contributed by atoms with Crippen molar-refractivity contribution in [3.05, 3.63) is 11.6 Å². The van der Waals surface area contributed by atoms with Gasteiger partial charge in [0.05, 0.1) is 0 Å². The summed E-state index contributed by atoms with van der Waals surface area (Å²) >= 11 is 0. The van der Waals surface area contributed by atoms with Crippen molar-refractivity contribution in [2.24, 2.45) is 11.7 Å². The van der Waals surface area contributed by atoms with Gasteiger partial charge in [0.1, 0.15) is 0 Å². The van der Waals surface area contributed by atoms with Crippen molar-refractivity contribution in [2.45, 2.75) is 58.4 Å². The smallest absolute Gasteiger partial charge is 0.0282 e. The molecule has 1 atom stereocenters. The Labute approximate surface area is 82.4 Å². The highest BCUT2D eigenvalue weighted by atomic mass is 14.7. The predicted octanol–water partition coefficient (Wildman–Crippen LogP) is 3.25. The van der Waals surface area contributed by atoms with Gasteiger partial charge in [0.25, 0.3) is 0 Å². The maximum absolute atomic E-state index is 6.25. The summed E-state index contributed by atoms with van der Waals surface area (Å²) in [6, 6.07) is 0.343. The first-order valence-electron chi connectivity index (χ1n) is 5.74. The summed E-state index contributed by atoms with van der Waals surface area (Å²) in [5.74, 6) is 0.698. The lowest BCUT2D eigenvalue weighted by Crippen LogP contribution is -2.32. The van der Waals surface area contributed by atoms with Gasteiger partial charge in [-0.15, -0.1) is 0 Å². The molecule has 1 aliphatic rings. The van der Waals surface area contributed by atoms with E-state index in [0.29, 0.717) is 12.0 Å². The van der Waals surface area contributed by atoms with E-state index in [9.17, 15) is 0 Å². The van der Waals surface area contributed by atoms with E-state index < -0.39 is 0 Å². The summed E-state index contributed by atoms with van der Waals surface area (Å²) in [5, 5.41) is 0. The molecule has 0 aromatic rings. The topological polar surface area (TPSA) is 26.0 Å². The molecule has 0 fully saturated rings. The summed E-state index contributed by atoms with van der Waals surface area (Å²) in [5.41, 5.74) is 7.77. The van der Waals surface area contributed by atoms with E-state index in [2.05, 4.69) is 19.9 Å². The van der Waals surface area contributed by atoms with Crippen LogP contribution in [0.4, 0.5) is 0 Å². The molecule has 0 radical (unpaired) electrons. The van der Waals surface area contributed by atoms with Gasteiger partial charge in [-0.05, 0) is 31.6 Å². The van der Waals surface area contributed by atoms with Crippen molar-refractivity contribution in [1.29, 1.82) is 0 Å². The second kappa shape index (κ2) is 5.43. The lowest BCUT2D eigenvalue weighted by Gasteiger charge is -2.26. The molecule has 76 valence electrons. The minimum absolute atomic E-state index is 0.343. The summed E-state index contributed by atoms with van der Waals surface area (Å²) in [4.78, 5) is 0. The maximum Gasteiger partial charge on any atom is 0.0282 e. The van der Waals surface area contributed by atoms with Crippen LogP contribution >= 0.6 is 0 Å². The van der Waals surface area contributed by atoms with Crippen LogP contribution < -0.4 is 5.73 Å². The third kappa shape index (κ3) is 2.84. The summed E-state index contributed by atoms with van der Waals surface area (Å²) in [6.07, 6.45) is 10.0. The number of allylic oxidation sites excluding steroid dienone is 1. The van der Waals surface area contributed by atoms with Crippen LogP contribution in [0.2, 0.25) is 0 Å². The molecule has 13 heavy (non-hydrogen) atoms. The molecule has 0 aromatic carbocycles. The SMILES string of the molecule is CCC(CC)C(N)C1=CCCCC1. The Morgan fingerprint density at radius 1 is 1.31 bits per heavy atom. The van der Waals surface area contributed by atoms with Crippen molar-refractivity contribution >= 4 is 0 Å². The summed E-state index contributed by atoms with van der Waals surface area (Å²) in [6.45, 7) is 4.49. The number of rotatable bonds is 4. The van der Waals surface area contributed by atoms with Gasteiger partial charge in [-0.2, -0.15) is 0 Å². The molecule has 0 aliphatic heterocycles. The Bertz CT molecular complexity index is 168. The van der Waals surface area contributed by atoms with Crippen LogP contribution in [0.3, 0.4) is 0 Å². The molecule has 1 aliphatic carbocycles. The van der Waals surface area contributed by atoms with Crippen molar-refractivity contribution in [3.63, 3.8) is 0 Å². The van der Waals surface area contributed by atoms with Crippen molar-refractivity contribution in [2.75, 3.05) is 0 Å². The fourth-order valence-corrected chi connectivity index (χ4v) is 2.27. The fraction of sp³-hybridized carbons (Fsp3) is 0.833. The Balaban J connectivity index is 2.53. The number of hydrogen-bond acceptors (Lipinski definition) is 1. The van der Waals surface area contributed by atoms with Crippen LogP contribution in [0.1, 0.15) is 52.4 Å². The van der Waals surface area contributed by atoms with Crippen LogP contribution in [-0.2, 0) is 0 Å². The van der Waals surface area contributed by atoms with E-state index in [0.717, 1.165) is 0 Å². The zero-order chi connectivity index (χ0) is 9.68. The van der Waals surface area contributed by atoms with Crippen LogP contribution in [0.15, 0.2) is 11.6 Å². The highest BCUT2D eigenvalue weighted by molar-refractivity contribution is 5.13. The second-order valence-electron chi connectivity index (χ2n) is 4.13. The van der Waals surface area contributed by atoms with E-state index in [1.807, 2.05) is 0 Å². The fourth-order valence-electron chi connectivity index (χ4n) is 2.27. The number of nitrogens with two attached hydrogens (primary N) is 1. The molecule has 0 bridgehead atoms. The maximum atomic E-state index is 6.25. The molecule has 1 unspecified atom stereocenters. The van der Waals surface area contributed by atoms with Crippen LogP contribution in [0, 0.1) is 5.92 Å². The second-order valence-corrected chi connectivity index (χ2v) is 4.13. The first kappa shape index (κ1) is 10.8. The Morgan fingerprint density at radius 3 is 2.46 bits per heavy atom. The quantitative estimate of drug-likeness (QED) is 0.662. The van der Waals surface area contributed by atoms with E-state index >= 15 is 0 Å². The van der Waals surface area contributed by atoms with Gasteiger partial charge in [-0.3, -0.25) is 0 Å². The van der Waals surface area contributed by atoms with Gasteiger partial charge in [0.2, 0.25) is 0 Å². The normalized spacial score (nSPS) is 20.2. The molecule has 0 spiro atoms. The predicted molar refractivity (Wildman–Crippen MR) is 58.6 cm³/mol. The molecule has 0 heterocycles. The third-order valence-corrected chi connectivity index (χ3v) is 3.31. The van der Waals surface area contributed by atoms with Crippen molar-refractivity contribution in [3.8, 4) is 0 Å². The molecule has 0 saturated carbocycles.